The van der Waals surface area contributed by atoms with Crippen LogP contribution in [0.2, 0.25) is 5.15 Å². The SMILES string of the molecule is [2H]C(C)(Nc1c(-c2c(F)cc(C)cc2F)c(Cl)nc2ncnn12)C(C)C. The maximum atomic E-state index is 14.6. The van der Waals surface area contributed by atoms with Gasteiger partial charge in [0, 0.05) is 6.02 Å². The number of fused-ring (bicyclic) bond motifs is 1. The van der Waals surface area contributed by atoms with Crippen molar-refractivity contribution in [2.24, 2.45) is 5.92 Å². The second-order valence-corrected chi connectivity index (χ2v) is 6.52. The number of hydrogen-bond acceptors (Lipinski definition) is 4. The van der Waals surface area contributed by atoms with Crippen LogP contribution in [0.5, 0.6) is 0 Å². The molecule has 0 saturated heterocycles. The summed E-state index contributed by atoms with van der Waals surface area (Å²) < 4.78 is 39.0. The largest absolute Gasteiger partial charge is 0.367 e. The standard InChI is InChI=1S/C17H18ClF2N5/c1-8(2)10(4)23-16-14(13-11(19)5-9(3)6-12(13)20)15(18)24-17-21-7-22-25(16)17/h5-8,10,23H,1-4H3/i10D. The van der Waals surface area contributed by atoms with Crippen LogP contribution in [0.15, 0.2) is 18.5 Å². The van der Waals surface area contributed by atoms with Gasteiger partial charge < -0.3 is 5.32 Å². The Kier molecular flexibility index (Phi) is 4.25. The molecule has 0 spiro atoms. The molecule has 0 aliphatic rings. The molecule has 0 aliphatic carbocycles. The molecule has 1 aromatic carbocycles. The molecule has 0 bridgehead atoms. The van der Waals surface area contributed by atoms with Gasteiger partial charge in [-0.2, -0.15) is 19.6 Å². The average Bonchev–Trinajstić information content (AvgIpc) is 2.96. The van der Waals surface area contributed by atoms with Crippen LogP contribution in [0.1, 0.15) is 27.7 Å². The van der Waals surface area contributed by atoms with E-state index in [0.717, 1.165) is 0 Å². The molecule has 1 unspecified atom stereocenters. The van der Waals surface area contributed by atoms with E-state index in [1.54, 1.807) is 13.8 Å². The Balaban J connectivity index is 2.36. The average molecular weight is 367 g/mol. The van der Waals surface area contributed by atoms with Crippen LogP contribution in [0.4, 0.5) is 14.6 Å². The molecule has 3 aromatic rings. The van der Waals surface area contributed by atoms with Gasteiger partial charge in [0.15, 0.2) is 0 Å². The Hall–Kier alpha value is -2.28. The Bertz CT molecular complexity index is 964. The lowest BCUT2D eigenvalue weighted by Gasteiger charge is -2.22. The zero-order chi connectivity index (χ0) is 19.2. The minimum Gasteiger partial charge on any atom is -0.367 e. The lowest BCUT2D eigenvalue weighted by Crippen LogP contribution is -2.24. The van der Waals surface area contributed by atoms with Crippen LogP contribution in [0, 0.1) is 24.5 Å². The second kappa shape index (κ2) is 6.55. The number of nitrogens with one attached hydrogen (secondary N) is 1. The summed E-state index contributed by atoms with van der Waals surface area (Å²) in [4.78, 5) is 8.05. The number of benzene rings is 1. The van der Waals surface area contributed by atoms with Gasteiger partial charge in [-0.3, -0.25) is 0 Å². The lowest BCUT2D eigenvalue weighted by molar-refractivity contribution is 0.556. The highest BCUT2D eigenvalue weighted by Gasteiger charge is 2.24. The highest BCUT2D eigenvalue weighted by Crippen LogP contribution is 2.38. The van der Waals surface area contributed by atoms with E-state index < -0.39 is 17.7 Å². The van der Waals surface area contributed by atoms with E-state index in [-0.39, 0.29) is 33.8 Å². The van der Waals surface area contributed by atoms with E-state index in [1.165, 1.54) is 23.0 Å². The Morgan fingerprint density at radius 3 is 2.44 bits per heavy atom. The first kappa shape index (κ1) is 16.2. The third kappa shape index (κ3) is 3.16. The summed E-state index contributed by atoms with van der Waals surface area (Å²) in [5.74, 6) is -1.34. The fraction of sp³-hybridized carbons (Fsp3) is 0.353. The number of aryl methyl sites for hydroxylation is 1. The highest BCUT2D eigenvalue weighted by molar-refractivity contribution is 6.33. The van der Waals surface area contributed by atoms with Crippen molar-refractivity contribution in [2.75, 3.05) is 5.32 Å². The van der Waals surface area contributed by atoms with Crippen LogP contribution >= 0.6 is 11.6 Å². The van der Waals surface area contributed by atoms with Gasteiger partial charge in [0.2, 0.25) is 0 Å². The topological polar surface area (TPSA) is 55.1 Å². The van der Waals surface area contributed by atoms with Gasteiger partial charge in [-0.15, -0.1) is 0 Å². The van der Waals surface area contributed by atoms with Crippen LogP contribution in [-0.2, 0) is 0 Å². The first-order chi connectivity index (χ1) is 12.1. The number of rotatable bonds is 4. The Labute approximate surface area is 150 Å². The fourth-order valence-corrected chi connectivity index (χ4v) is 2.68. The third-order valence-electron chi connectivity index (χ3n) is 4.00. The van der Waals surface area contributed by atoms with Crippen LogP contribution in [-0.4, -0.2) is 25.6 Å². The van der Waals surface area contributed by atoms with Crippen molar-refractivity contribution in [1.29, 1.82) is 0 Å². The third-order valence-corrected chi connectivity index (χ3v) is 4.27. The first-order valence-electron chi connectivity index (χ1n) is 8.25. The molecule has 1 N–H and O–H groups in total. The van der Waals surface area contributed by atoms with E-state index in [2.05, 4.69) is 20.4 Å². The number of hydrogen-bond donors (Lipinski definition) is 1. The molecule has 8 heteroatoms. The summed E-state index contributed by atoms with van der Waals surface area (Å²) in [5.41, 5.74) is 0.114. The molecule has 1 atom stereocenters. The molecule has 2 heterocycles. The van der Waals surface area contributed by atoms with E-state index in [4.69, 9.17) is 13.0 Å². The molecule has 3 rings (SSSR count). The van der Waals surface area contributed by atoms with Gasteiger partial charge >= 0.3 is 0 Å². The van der Waals surface area contributed by atoms with E-state index in [0.29, 0.717) is 5.56 Å². The minimum absolute atomic E-state index is 0.00112. The van der Waals surface area contributed by atoms with Crippen LogP contribution in [0.3, 0.4) is 0 Å². The van der Waals surface area contributed by atoms with Crippen LogP contribution < -0.4 is 5.32 Å². The zero-order valence-electron chi connectivity index (χ0n) is 15.2. The summed E-state index contributed by atoms with van der Waals surface area (Å²) in [5, 5.41) is 6.92. The van der Waals surface area contributed by atoms with Gasteiger partial charge in [0.1, 0.15) is 28.9 Å². The molecule has 132 valence electrons. The molecule has 5 nitrogen and oxygen atoms in total. The molecule has 0 aliphatic heterocycles. The smallest absolute Gasteiger partial charge is 0.255 e. The van der Waals surface area contributed by atoms with E-state index in [1.807, 2.05) is 13.8 Å². The summed E-state index contributed by atoms with van der Waals surface area (Å²) >= 11 is 6.27. The zero-order valence-corrected chi connectivity index (χ0v) is 15.0. The lowest BCUT2D eigenvalue weighted by atomic mass is 10.0. The number of nitrogens with zero attached hydrogens (tertiary/aromatic N) is 4. The van der Waals surface area contributed by atoms with Crippen molar-refractivity contribution in [1.82, 2.24) is 19.6 Å². The number of anilines is 1. The molecule has 0 amide bonds. The highest BCUT2D eigenvalue weighted by atomic mass is 35.5. The molecule has 2 aromatic heterocycles. The quantitative estimate of drug-likeness (QED) is 0.691. The van der Waals surface area contributed by atoms with Crippen molar-refractivity contribution in [3.63, 3.8) is 0 Å². The van der Waals surface area contributed by atoms with Crippen LogP contribution in [0.25, 0.3) is 16.9 Å². The fourth-order valence-electron chi connectivity index (χ4n) is 2.42. The summed E-state index contributed by atoms with van der Waals surface area (Å²) in [6.45, 7) is 6.96. The maximum Gasteiger partial charge on any atom is 0.255 e. The van der Waals surface area contributed by atoms with Crippen molar-refractivity contribution in [3.8, 4) is 11.1 Å². The molecular weight excluding hydrogens is 348 g/mol. The number of halogens is 3. The van der Waals surface area contributed by atoms with Crippen molar-refractivity contribution < 1.29 is 10.2 Å². The molecule has 0 saturated carbocycles. The Morgan fingerprint density at radius 1 is 1.20 bits per heavy atom. The van der Waals surface area contributed by atoms with Gasteiger partial charge in [-0.25, -0.2) is 8.78 Å². The second-order valence-electron chi connectivity index (χ2n) is 6.16. The number of aromatic nitrogens is 4. The van der Waals surface area contributed by atoms with Crippen molar-refractivity contribution in [3.05, 3.63) is 40.8 Å². The molecule has 25 heavy (non-hydrogen) atoms. The van der Waals surface area contributed by atoms with Gasteiger partial charge in [-0.1, -0.05) is 25.4 Å². The molecular formula is C17H18ClF2N5. The summed E-state index contributed by atoms with van der Waals surface area (Å²) in [6.07, 6.45) is 1.26. The van der Waals surface area contributed by atoms with Gasteiger partial charge in [-0.05, 0) is 37.5 Å². The normalized spacial score (nSPS) is 14.6. The predicted molar refractivity (Wildman–Crippen MR) is 93.8 cm³/mol. The molecule has 0 radical (unpaired) electrons. The monoisotopic (exact) mass is 366 g/mol. The van der Waals surface area contributed by atoms with Gasteiger partial charge in [0.05, 0.1) is 12.5 Å². The van der Waals surface area contributed by atoms with E-state index in [9.17, 15) is 8.78 Å². The minimum atomic E-state index is -1.16. The summed E-state index contributed by atoms with van der Waals surface area (Å²) in [6, 6.07) is 1.27. The Morgan fingerprint density at radius 2 is 1.84 bits per heavy atom. The predicted octanol–water partition coefficient (Wildman–Crippen LogP) is 4.49. The van der Waals surface area contributed by atoms with Gasteiger partial charge in [0.25, 0.3) is 5.78 Å². The molecule has 0 fully saturated rings. The van der Waals surface area contributed by atoms with Crippen molar-refractivity contribution in [2.45, 2.75) is 33.7 Å². The van der Waals surface area contributed by atoms with E-state index >= 15 is 0 Å². The maximum absolute atomic E-state index is 14.6. The first-order valence-corrected chi connectivity index (χ1v) is 8.13. The summed E-state index contributed by atoms with van der Waals surface area (Å²) in [7, 11) is 0. The van der Waals surface area contributed by atoms with Crippen molar-refractivity contribution >= 4 is 23.2 Å².